The van der Waals surface area contributed by atoms with E-state index in [0.29, 0.717) is 24.3 Å². The number of halogens is 1. The predicted octanol–water partition coefficient (Wildman–Crippen LogP) is 3.42. The van der Waals surface area contributed by atoms with E-state index in [1.54, 1.807) is 44.0 Å². The van der Waals surface area contributed by atoms with Gasteiger partial charge in [0.1, 0.15) is 0 Å². The van der Waals surface area contributed by atoms with Crippen LogP contribution < -0.4 is 9.64 Å². The Kier molecular flexibility index (Phi) is 7.67. The third kappa shape index (κ3) is 5.53. The van der Waals surface area contributed by atoms with E-state index in [1.807, 2.05) is 6.92 Å². The van der Waals surface area contributed by atoms with E-state index in [9.17, 15) is 13.2 Å². The number of hydrogen-bond donors (Lipinski definition) is 0. The van der Waals surface area contributed by atoms with E-state index in [1.165, 1.54) is 23.1 Å². The van der Waals surface area contributed by atoms with E-state index in [2.05, 4.69) is 5.10 Å². The van der Waals surface area contributed by atoms with Crippen molar-refractivity contribution in [3.8, 4) is 16.9 Å². The van der Waals surface area contributed by atoms with Crippen LogP contribution in [-0.4, -0.2) is 56.8 Å². The molecular formula is C26H30FN3O6S. The highest BCUT2D eigenvalue weighted by Gasteiger charge is 2.35. The van der Waals surface area contributed by atoms with Crippen LogP contribution in [0, 0.1) is 12.7 Å². The number of benzene rings is 2. The highest BCUT2D eigenvalue weighted by molar-refractivity contribution is 7.90. The van der Waals surface area contributed by atoms with Crippen LogP contribution in [0.4, 0.5) is 10.1 Å². The number of ether oxygens (including phenoxy) is 3. The summed E-state index contributed by atoms with van der Waals surface area (Å²) in [6, 6.07) is 9.18. The van der Waals surface area contributed by atoms with Gasteiger partial charge >= 0.3 is 0 Å². The fourth-order valence-electron chi connectivity index (χ4n) is 4.30. The summed E-state index contributed by atoms with van der Waals surface area (Å²) >= 11 is 0. The van der Waals surface area contributed by atoms with Gasteiger partial charge in [-0.15, -0.1) is 0 Å². The Labute approximate surface area is 215 Å². The molecule has 2 heterocycles. The van der Waals surface area contributed by atoms with Crippen molar-refractivity contribution in [1.82, 2.24) is 9.78 Å². The van der Waals surface area contributed by atoms with Crippen molar-refractivity contribution in [1.29, 1.82) is 0 Å². The molecule has 1 atom stereocenters. The van der Waals surface area contributed by atoms with Crippen molar-refractivity contribution >= 4 is 21.4 Å². The molecule has 3 aromatic rings. The van der Waals surface area contributed by atoms with Crippen molar-refractivity contribution in [2.45, 2.75) is 38.0 Å². The smallest absolute Gasteiger partial charge is 0.268 e. The second-order valence-corrected chi connectivity index (χ2v) is 11.0. The number of methoxy groups -OCH3 is 1. The lowest BCUT2D eigenvalue weighted by atomic mass is 10.0. The summed E-state index contributed by atoms with van der Waals surface area (Å²) in [6.07, 6.45) is 0.224. The molecule has 1 aromatic heterocycles. The lowest BCUT2D eigenvalue weighted by Gasteiger charge is -2.34. The molecule has 1 aliphatic rings. The van der Waals surface area contributed by atoms with Gasteiger partial charge in [-0.05, 0) is 49.2 Å². The van der Waals surface area contributed by atoms with Crippen molar-refractivity contribution in [2.24, 2.45) is 7.05 Å². The molecule has 198 valence electrons. The summed E-state index contributed by atoms with van der Waals surface area (Å²) < 4.78 is 57.6. The molecule has 1 amide bonds. The summed E-state index contributed by atoms with van der Waals surface area (Å²) in [5, 5.41) is 4.50. The molecule has 0 N–H and O–H groups in total. The Balaban J connectivity index is 1.76. The van der Waals surface area contributed by atoms with Gasteiger partial charge in [0, 0.05) is 26.0 Å². The number of amides is 1. The largest absolute Gasteiger partial charge is 0.476 e. The third-order valence-corrected chi connectivity index (χ3v) is 7.39. The van der Waals surface area contributed by atoms with Crippen LogP contribution in [-0.2, 0) is 44.3 Å². The number of aromatic nitrogens is 2. The van der Waals surface area contributed by atoms with E-state index >= 15 is 4.39 Å². The molecule has 1 aliphatic heterocycles. The lowest BCUT2D eigenvalue weighted by Crippen LogP contribution is -2.44. The highest BCUT2D eigenvalue weighted by atomic mass is 32.2. The minimum absolute atomic E-state index is 0.0328. The topological polar surface area (TPSA) is 100.0 Å². The van der Waals surface area contributed by atoms with Crippen LogP contribution in [0.1, 0.15) is 23.9 Å². The first-order chi connectivity index (χ1) is 17.5. The fraction of sp³-hybridized carbons (Fsp3) is 0.385. The molecule has 11 heteroatoms. The van der Waals surface area contributed by atoms with Crippen LogP contribution in [0.25, 0.3) is 11.1 Å². The van der Waals surface area contributed by atoms with E-state index in [0.717, 1.165) is 23.2 Å². The van der Waals surface area contributed by atoms with Crippen molar-refractivity contribution in [2.75, 3.05) is 31.5 Å². The monoisotopic (exact) mass is 531 g/mol. The molecule has 0 radical (unpaired) electrons. The van der Waals surface area contributed by atoms with Crippen LogP contribution >= 0.6 is 0 Å². The average molecular weight is 532 g/mol. The van der Waals surface area contributed by atoms with Crippen LogP contribution in [0.15, 0.2) is 41.3 Å². The van der Waals surface area contributed by atoms with Gasteiger partial charge in [-0.2, -0.15) is 5.10 Å². The van der Waals surface area contributed by atoms with Crippen LogP contribution in [0.2, 0.25) is 0 Å². The van der Waals surface area contributed by atoms with Gasteiger partial charge in [0.15, 0.2) is 27.5 Å². The highest BCUT2D eigenvalue weighted by Crippen LogP contribution is 2.41. The number of rotatable bonds is 9. The molecule has 0 unspecified atom stereocenters. The molecule has 0 saturated carbocycles. The number of carbonyl (C=O) groups excluding carboxylic acids is 1. The lowest BCUT2D eigenvalue weighted by molar-refractivity contribution is -0.125. The molecule has 0 bridgehead atoms. The Morgan fingerprint density at radius 2 is 1.92 bits per heavy atom. The van der Waals surface area contributed by atoms with E-state index in [-0.39, 0.29) is 35.4 Å². The quantitative estimate of drug-likeness (QED) is 0.390. The minimum Gasteiger partial charge on any atom is -0.476 e. The molecule has 0 saturated heterocycles. The van der Waals surface area contributed by atoms with Gasteiger partial charge in [-0.1, -0.05) is 12.1 Å². The summed E-state index contributed by atoms with van der Waals surface area (Å²) in [5.41, 5.74) is 3.48. The average Bonchev–Trinajstić information content (AvgIpc) is 3.11. The van der Waals surface area contributed by atoms with Gasteiger partial charge in [0.05, 0.1) is 48.3 Å². The first kappa shape index (κ1) is 26.8. The molecule has 9 nitrogen and oxygen atoms in total. The van der Waals surface area contributed by atoms with Gasteiger partial charge in [0.2, 0.25) is 0 Å². The first-order valence-electron chi connectivity index (χ1n) is 11.7. The maximum atomic E-state index is 15.3. The maximum Gasteiger partial charge on any atom is 0.268 e. The maximum absolute atomic E-state index is 15.3. The van der Waals surface area contributed by atoms with Crippen LogP contribution in [0.5, 0.6) is 5.75 Å². The van der Waals surface area contributed by atoms with Gasteiger partial charge in [0.25, 0.3) is 5.91 Å². The second-order valence-electron chi connectivity index (χ2n) is 8.97. The Bertz CT molecular complexity index is 1440. The zero-order valence-corrected chi connectivity index (χ0v) is 22.3. The molecule has 4 rings (SSSR count). The molecule has 0 aliphatic carbocycles. The minimum atomic E-state index is -3.46. The number of anilines is 1. The van der Waals surface area contributed by atoms with Crippen molar-refractivity contribution in [3.63, 3.8) is 0 Å². The van der Waals surface area contributed by atoms with Crippen molar-refractivity contribution in [3.05, 3.63) is 59.2 Å². The molecular weight excluding hydrogens is 501 g/mol. The Morgan fingerprint density at radius 3 is 2.62 bits per heavy atom. The number of nitrogens with zero attached hydrogens (tertiary/aromatic N) is 3. The summed E-state index contributed by atoms with van der Waals surface area (Å²) in [5.74, 6) is -1.01. The van der Waals surface area contributed by atoms with Gasteiger partial charge in [-0.25, -0.2) is 12.8 Å². The third-order valence-electron chi connectivity index (χ3n) is 6.28. The number of hydrogen-bond acceptors (Lipinski definition) is 7. The summed E-state index contributed by atoms with van der Waals surface area (Å²) in [6.45, 7) is 4.67. The molecule has 0 spiro atoms. The normalized spacial score (nSPS) is 15.6. The predicted molar refractivity (Wildman–Crippen MR) is 136 cm³/mol. The number of sulfone groups is 1. The molecule has 0 fully saturated rings. The fourth-order valence-corrected chi connectivity index (χ4v) is 4.97. The number of aryl methyl sites for hydroxylation is 2. The zero-order valence-electron chi connectivity index (χ0n) is 21.4. The molecule has 2 aromatic carbocycles. The number of fused-ring (bicyclic) bond motifs is 1. The molecule has 37 heavy (non-hydrogen) atoms. The standard InChI is InChI=1S/C26H30FN3O6S/c1-16-21(24(29(3)28-16)15-35-10-9-34-4)14-30-23-13-19(12-22(27)25(23)36-17(2)26(30)31)18-7-6-8-20(11-18)37(5,32)33/h6-8,11-13,17H,9-10,14-15H2,1-5H3/t17-/m1/s1. The summed E-state index contributed by atoms with van der Waals surface area (Å²) in [7, 11) is -0.0639. The van der Waals surface area contributed by atoms with E-state index < -0.39 is 21.8 Å². The Hall–Kier alpha value is -3.28. The zero-order chi connectivity index (χ0) is 26.9. The van der Waals surface area contributed by atoms with Crippen molar-refractivity contribution < 1.29 is 31.8 Å². The first-order valence-corrected chi connectivity index (χ1v) is 13.6. The number of carbonyl (C=O) groups is 1. The SMILES string of the molecule is COCCOCc1c(CN2C(=O)[C@@H](C)Oc3c(F)cc(-c4cccc(S(C)(=O)=O)c4)cc32)c(C)nn1C. The van der Waals surface area contributed by atoms with E-state index in [4.69, 9.17) is 14.2 Å². The second kappa shape index (κ2) is 10.6. The Morgan fingerprint density at radius 1 is 1.16 bits per heavy atom. The summed E-state index contributed by atoms with van der Waals surface area (Å²) in [4.78, 5) is 14.9. The van der Waals surface area contributed by atoms with Crippen LogP contribution in [0.3, 0.4) is 0 Å². The van der Waals surface area contributed by atoms with Gasteiger partial charge in [-0.3, -0.25) is 9.48 Å². The van der Waals surface area contributed by atoms with Gasteiger partial charge < -0.3 is 19.1 Å².